The van der Waals surface area contributed by atoms with Gasteiger partial charge in [-0.25, -0.2) is 9.59 Å². The Labute approximate surface area is 355 Å². The Morgan fingerprint density at radius 1 is 0.557 bits per heavy atom. The molecule has 0 fully saturated rings. The summed E-state index contributed by atoms with van der Waals surface area (Å²) in [5.41, 5.74) is 8.83. The third kappa shape index (κ3) is 10.4. The lowest BCUT2D eigenvalue weighted by Gasteiger charge is -2.28. The van der Waals surface area contributed by atoms with Crippen molar-refractivity contribution in [1.29, 1.82) is 0 Å². The number of hydrogen-bond donors (Lipinski definition) is 1. The second kappa shape index (κ2) is 20.3. The van der Waals surface area contributed by atoms with Crippen LogP contribution in [-0.2, 0) is 33.4 Å². The van der Waals surface area contributed by atoms with E-state index in [2.05, 4.69) is 18.7 Å². The van der Waals surface area contributed by atoms with Gasteiger partial charge >= 0.3 is 24.1 Å². The van der Waals surface area contributed by atoms with Crippen LogP contribution in [0.1, 0.15) is 46.9 Å². The van der Waals surface area contributed by atoms with Crippen molar-refractivity contribution in [3.8, 4) is 22.3 Å². The molecule has 6 rings (SSSR count). The molecule has 2 aliphatic carbocycles. The molecule has 0 aliphatic heterocycles. The van der Waals surface area contributed by atoms with Crippen LogP contribution in [0.5, 0.6) is 0 Å². The molecule has 1 N–H and O–H groups in total. The predicted octanol–water partition coefficient (Wildman–Crippen LogP) is 6.24. The first kappa shape index (κ1) is 45.1. The molecule has 4 amide bonds. The minimum absolute atomic E-state index is 0.0381. The zero-order chi connectivity index (χ0) is 44.4. The van der Waals surface area contributed by atoms with Crippen LogP contribution in [0.4, 0.5) is 9.59 Å². The number of fused-ring (bicyclic) bond motifs is 6. The van der Waals surface area contributed by atoms with Gasteiger partial charge in [-0.05, 0) is 44.5 Å². The maximum atomic E-state index is 12.9. The number of benzene rings is 4. The number of carboxylic acids is 1. The Kier molecular flexibility index (Phi) is 15.0. The lowest BCUT2D eigenvalue weighted by Crippen LogP contribution is -2.48. The molecule has 61 heavy (non-hydrogen) atoms. The Hall–Kier alpha value is -6.96. The molecule has 14 nitrogen and oxygen atoms in total. The van der Waals surface area contributed by atoms with Crippen molar-refractivity contribution in [2.75, 3.05) is 62.1 Å². The highest BCUT2D eigenvalue weighted by molar-refractivity contribution is 5.90. The maximum absolute atomic E-state index is 12.9. The minimum atomic E-state index is -1.16. The lowest BCUT2D eigenvalue weighted by atomic mass is 9.98. The molecular weight excluding hydrogens is 781 g/mol. The van der Waals surface area contributed by atoms with Gasteiger partial charge in [0.1, 0.15) is 31.9 Å². The summed E-state index contributed by atoms with van der Waals surface area (Å²) in [4.78, 5) is 78.5. The first-order valence-corrected chi connectivity index (χ1v) is 19.7. The second-order valence-corrected chi connectivity index (χ2v) is 15.1. The normalized spacial score (nSPS) is 13.0. The van der Waals surface area contributed by atoms with E-state index in [-0.39, 0.29) is 38.1 Å². The summed E-state index contributed by atoms with van der Waals surface area (Å²) >= 11 is 0. The van der Waals surface area contributed by atoms with E-state index in [4.69, 9.17) is 19.3 Å². The Morgan fingerprint density at radius 3 is 1.20 bits per heavy atom. The Bertz CT molecular complexity index is 2180. The molecule has 320 valence electrons. The van der Waals surface area contributed by atoms with Crippen molar-refractivity contribution in [3.05, 3.63) is 132 Å². The average molecular weight is 833 g/mol. The van der Waals surface area contributed by atoms with Crippen LogP contribution in [0.25, 0.3) is 22.3 Å². The monoisotopic (exact) mass is 832 g/mol. The van der Waals surface area contributed by atoms with Gasteiger partial charge in [-0.3, -0.25) is 29.0 Å². The zero-order valence-corrected chi connectivity index (χ0v) is 35.3. The molecule has 4 aromatic rings. The number of ether oxygens (including phenoxy) is 3. The standard InChI is InChI=1S/C25H28N2O5.C22H24N2O5/c1-5-14-31-23(28)15-22(24(29)26(2)3)27(4)25(30)32-16-21-19-12-8-6-10-17(19)18-11-7-9-13-20(18)21;1-23(2)21(27)19(12-20(25)26)24(3)22(28)29-13-18-16-10-6-4-8-14(16)15-9-5-7-11-17(15)18/h5-13,21-22H,1,14-16H2,2-4H3;4-11,18-19H,12-13H2,1-3H3,(H,25,26)/t22-;19-/m00/s1. The number of esters is 1. The highest BCUT2D eigenvalue weighted by atomic mass is 16.6. The number of nitrogens with zero attached hydrogens (tertiary/aromatic N) is 4. The average Bonchev–Trinajstić information content (AvgIpc) is 3.76. The van der Waals surface area contributed by atoms with E-state index in [1.54, 1.807) is 14.1 Å². The van der Waals surface area contributed by atoms with Crippen LogP contribution in [-0.4, -0.2) is 135 Å². The van der Waals surface area contributed by atoms with Crippen LogP contribution in [0.2, 0.25) is 0 Å². The highest BCUT2D eigenvalue weighted by Crippen LogP contribution is 2.45. The van der Waals surface area contributed by atoms with Gasteiger partial charge in [0.25, 0.3) is 0 Å². The van der Waals surface area contributed by atoms with Gasteiger partial charge in [0.2, 0.25) is 11.8 Å². The third-order valence-electron chi connectivity index (χ3n) is 10.7. The van der Waals surface area contributed by atoms with E-state index < -0.39 is 54.4 Å². The van der Waals surface area contributed by atoms with Crippen molar-refractivity contribution in [2.45, 2.75) is 36.8 Å². The number of carbonyl (C=O) groups is 6. The zero-order valence-electron chi connectivity index (χ0n) is 35.3. The van der Waals surface area contributed by atoms with Crippen molar-refractivity contribution in [1.82, 2.24) is 19.6 Å². The summed E-state index contributed by atoms with van der Waals surface area (Å²) in [6, 6.07) is 29.9. The van der Waals surface area contributed by atoms with E-state index in [1.165, 1.54) is 44.1 Å². The summed E-state index contributed by atoms with van der Waals surface area (Å²) in [7, 11) is 9.00. The van der Waals surface area contributed by atoms with Crippen molar-refractivity contribution >= 4 is 35.9 Å². The number of amides is 4. The fraction of sp³-hybridized carbons (Fsp3) is 0.319. The van der Waals surface area contributed by atoms with Crippen molar-refractivity contribution in [3.63, 3.8) is 0 Å². The summed E-state index contributed by atoms with van der Waals surface area (Å²) < 4.78 is 16.1. The van der Waals surface area contributed by atoms with Gasteiger partial charge in [-0.2, -0.15) is 0 Å². The molecule has 4 aromatic carbocycles. The number of carbonyl (C=O) groups excluding carboxylic acids is 5. The quantitative estimate of drug-likeness (QED) is 0.0874. The van der Waals surface area contributed by atoms with Gasteiger partial charge in [-0.1, -0.05) is 110 Å². The summed E-state index contributed by atoms with van der Waals surface area (Å²) in [6.07, 6.45) is -0.726. The molecule has 2 atom stereocenters. The van der Waals surface area contributed by atoms with Gasteiger partial charge in [-0.15, -0.1) is 0 Å². The van der Waals surface area contributed by atoms with E-state index in [9.17, 15) is 28.8 Å². The van der Waals surface area contributed by atoms with E-state index >= 15 is 0 Å². The number of likely N-dealkylation sites (N-methyl/N-ethyl adjacent to an activating group) is 4. The molecule has 0 spiro atoms. The van der Waals surface area contributed by atoms with Gasteiger partial charge in [0, 0.05) is 54.1 Å². The lowest BCUT2D eigenvalue weighted by molar-refractivity contribution is -0.147. The van der Waals surface area contributed by atoms with E-state index in [1.807, 2.05) is 84.9 Å². The summed E-state index contributed by atoms with van der Waals surface area (Å²) in [5.74, 6) is -2.82. The SMILES string of the molecule is C=CCOC(=O)C[C@@H](C(=O)N(C)C)N(C)C(=O)OCC1c2ccccc2-c2ccccc21.CN(C)C(=O)[C@H](CC(=O)O)N(C)C(=O)OCC1c2ccccc2-c2ccccc21. The molecule has 0 saturated carbocycles. The fourth-order valence-electron chi connectivity index (χ4n) is 7.56. The molecule has 0 unspecified atom stereocenters. The number of rotatable bonds is 14. The molecule has 0 aromatic heterocycles. The molecule has 14 heteroatoms. The molecule has 2 aliphatic rings. The number of carboxylic acid groups (broad SMARTS) is 1. The van der Waals surface area contributed by atoms with E-state index in [0.717, 1.165) is 54.3 Å². The highest BCUT2D eigenvalue weighted by Gasteiger charge is 2.36. The molecular formula is C47H52N4O10. The van der Waals surface area contributed by atoms with Crippen LogP contribution in [0, 0.1) is 0 Å². The van der Waals surface area contributed by atoms with E-state index in [0.29, 0.717) is 0 Å². The van der Waals surface area contributed by atoms with Gasteiger partial charge in [0.05, 0.1) is 12.8 Å². The van der Waals surface area contributed by atoms with Crippen LogP contribution < -0.4 is 0 Å². The summed E-state index contributed by atoms with van der Waals surface area (Å²) in [6.45, 7) is 3.76. The summed E-state index contributed by atoms with van der Waals surface area (Å²) in [5, 5.41) is 9.12. The first-order valence-electron chi connectivity index (χ1n) is 19.7. The Morgan fingerprint density at radius 2 is 0.885 bits per heavy atom. The predicted molar refractivity (Wildman–Crippen MR) is 229 cm³/mol. The topological polar surface area (TPSA) is 163 Å². The molecule has 0 bridgehead atoms. The van der Waals surface area contributed by atoms with Crippen LogP contribution in [0.15, 0.2) is 110 Å². The van der Waals surface area contributed by atoms with Crippen LogP contribution in [0.3, 0.4) is 0 Å². The van der Waals surface area contributed by atoms with Crippen molar-refractivity contribution < 1.29 is 48.1 Å². The molecule has 0 saturated heterocycles. The smallest absolute Gasteiger partial charge is 0.410 e. The largest absolute Gasteiger partial charge is 0.481 e. The third-order valence-corrected chi connectivity index (χ3v) is 10.7. The van der Waals surface area contributed by atoms with Gasteiger partial charge < -0.3 is 29.1 Å². The number of aliphatic carboxylic acids is 1. The van der Waals surface area contributed by atoms with Crippen LogP contribution >= 0.6 is 0 Å². The minimum Gasteiger partial charge on any atom is -0.481 e. The second-order valence-electron chi connectivity index (χ2n) is 15.1. The first-order chi connectivity index (χ1) is 29.2. The maximum Gasteiger partial charge on any atom is 0.410 e. The van der Waals surface area contributed by atoms with Gasteiger partial charge in [0.15, 0.2) is 0 Å². The molecule has 0 heterocycles. The van der Waals surface area contributed by atoms with Crippen molar-refractivity contribution in [2.24, 2.45) is 0 Å². The Balaban J connectivity index is 0.000000232. The number of hydrogen-bond acceptors (Lipinski definition) is 9. The fourth-order valence-corrected chi connectivity index (χ4v) is 7.56. The molecule has 0 radical (unpaired) electrons.